The predicted octanol–water partition coefficient (Wildman–Crippen LogP) is 3.79. The molecule has 0 bridgehead atoms. The summed E-state index contributed by atoms with van der Waals surface area (Å²) in [7, 11) is 0. The van der Waals surface area contributed by atoms with Crippen molar-refractivity contribution in [3.8, 4) is 0 Å². The maximum atomic E-state index is 12.0. The Bertz CT molecular complexity index is 686. The van der Waals surface area contributed by atoms with Crippen LogP contribution in [0.15, 0.2) is 48.5 Å². The van der Waals surface area contributed by atoms with Crippen molar-refractivity contribution in [1.29, 1.82) is 0 Å². The normalized spacial score (nSPS) is 11.5. The van der Waals surface area contributed by atoms with Crippen molar-refractivity contribution in [2.45, 2.75) is 19.9 Å². The minimum Gasteiger partial charge on any atom is -0.331 e. The quantitative estimate of drug-likeness (QED) is 0.665. The summed E-state index contributed by atoms with van der Waals surface area (Å²) < 4.78 is 0. The van der Waals surface area contributed by atoms with Crippen molar-refractivity contribution in [2.75, 3.05) is 5.32 Å². The molecule has 0 saturated carbocycles. The van der Waals surface area contributed by atoms with Gasteiger partial charge in [0.25, 0.3) is 5.69 Å². The fraction of sp³-hybridized carbons (Fsp3) is 0.188. The number of nitrogens with zero attached hydrogens (tertiary/aromatic N) is 1. The van der Waals surface area contributed by atoms with Crippen LogP contribution in [0.1, 0.15) is 24.1 Å². The molecule has 0 aromatic heterocycles. The number of rotatable bonds is 4. The molecule has 6 nitrogen and oxygen atoms in total. The van der Waals surface area contributed by atoms with Gasteiger partial charge in [0.2, 0.25) is 0 Å². The van der Waals surface area contributed by atoms with Crippen LogP contribution in [0, 0.1) is 17.0 Å². The smallest absolute Gasteiger partial charge is 0.319 e. The fourth-order valence-corrected chi connectivity index (χ4v) is 2.07. The van der Waals surface area contributed by atoms with Gasteiger partial charge in [-0.05, 0) is 25.5 Å². The number of amides is 2. The van der Waals surface area contributed by atoms with Gasteiger partial charge >= 0.3 is 6.03 Å². The van der Waals surface area contributed by atoms with Gasteiger partial charge in [-0.15, -0.1) is 0 Å². The second kappa shape index (κ2) is 6.71. The number of benzene rings is 2. The Kier molecular flexibility index (Phi) is 4.73. The Labute approximate surface area is 128 Å². The van der Waals surface area contributed by atoms with Gasteiger partial charge in [0.1, 0.15) is 0 Å². The highest BCUT2D eigenvalue weighted by molar-refractivity contribution is 5.90. The maximum Gasteiger partial charge on any atom is 0.319 e. The Morgan fingerprint density at radius 1 is 1.18 bits per heavy atom. The summed E-state index contributed by atoms with van der Waals surface area (Å²) in [5, 5.41) is 16.3. The average molecular weight is 299 g/mol. The molecule has 2 N–H and O–H groups in total. The van der Waals surface area contributed by atoms with Crippen molar-refractivity contribution >= 4 is 17.4 Å². The average Bonchev–Trinajstić information content (AvgIpc) is 2.49. The molecule has 0 aliphatic heterocycles. The van der Waals surface area contributed by atoms with E-state index in [9.17, 15) is 14.9 Å². The number of carbonyl (C=O) groups excluding carboxylic acids is 1. The highest BCUT2D eigenvalue weighted by Gasteiger charge is 2.13. The van der Waals surface area contributed by atoms with E-state index in [0.29, 0.717) is 11.3 Å². The maximum absolute atomic E-state index is 12.0. The van der Waals surface area contributed by atoms with Crippen LogP contribution >= 0.6 is 0 Å². The van der Waals surface area contributed by atoms with E-state index >= 15 is 0 Å². The largest absolute Gasteiger partial charge is 0.331 e. The highest BCUT2D eigenvalue weighted by atomic mass is 16.6. The van der Waals surface area contributed by atoms with Gasteiger partial charge in [-0.1, -0.05) is 36.4 Å². The predicted molar refractivity (Wildman–Crippen MR) is 84.8 cm³/mol. The summed E-state index contributed by atoms with van der Waals surface area (Å²) in [6.07, 6.45) is 0. The molecule has 2 aromatic rings. The monoisotopic (exact) mass is 299 g/mol. The van der Waals surface area contributed by atoms with Gasteiger partial charge in [-0.25, -0.2) is 4.79 Å². The van der Waals surface area contributed by atoms with Gasteiger partial charge in [-0.2, -0.15) is 0 Å². The van der Waals surface area contributed by atoms with Crippen LogP contribution in [0.4, 0.5) is 16.2 Å². The SMILES string of the molecule is Cc1ccc(NC(=O)NC(C)c2ccccc2)cc1[N+](=O)[O-]. The second-order valence-electron chi connectivity index (χ2n) is 4.99. The number of nitro groups is 1. The van der Waals surface area contributed by atoms with Gasteiger partial charge in [0.15, 0.2) is 0 Å². The third kappa shape index (κ3) is 3.82. The summed E-state index contributed by atoms with van der Waals surface area (Å²) in [6, 6.07) is 13.6. The summed E-state index contributed by atoms with van der Waals surface area (Å²) in [5.41, 5.74) is 1.89. The van der Waals surface area contributed by atoms with Crippen LogP contribution in [-0.2, 0) is 0 Å². The third-order valence-corrected chi connectivity index (χ3v) is 3.31. The minimum absolute atomic E-state index is 0.0195. The lowest BCUT2D eigenvalue weighted by molar-refractivity contribution is -0.385. The van der Waals surface area contributed by atoms with Crippen molar-refractivity contribution in [1.82, 2.24) is 5.32 Å². The standard InChI is InChI=1S/C16H17N3O3/c1-11-8-9-14(10-15(11)19(21)22)18-16(20)17-12(2)13-6-4-3-5-7-13/h3-10,12H,1-2H3,(H2,17,18,20). The summed E-state index contributed by atoms with van der Waals surface area (Å²) >= 11 is 0. The molecule has 0 saturated heterocycles. The summed E-state index contributed by atoms with van der Waals surface area (Å²) in [4.78, 5) is 22.4. The molecule has 0 spiro atoms. The molecule has 0 aliphatic carbocycles. The highest BCUT2D eigenvalue weighted by Crippen LogP contribution is 2.22. The summed E-state index contributed by atoms with van der Waals surface area (Å²) in [6.45, 7) is 3.52. The first-order valence-electron chi connectivity index (χ1n) is 6.85. The molecule has 2 amide bonds. The lowest BCUT2D eigenvalue weighted by Gasteiger charge is -2.15. The number of hydrogen-bond acceptors (Lipinski definition) is 3. The third-order valence-electron chi connectivity index (χ3n) is 3.31. The molecule has 114 valence electrons. The molecule has 1 atom stereocenters. The number of nitrogens with one attached hydrogen (secondary N) is 2. The first-order chi connectivity index (χ1) is 10.5. The van der Waals surface area contributed by atoms with E-state index in [1.807, 2.05) is 37.3 Å². The molecule has 2 rings (SSSR count). The van der Waals surface area contributed by atoms with Crippen LogP contribution in [0.5, 0.6) is 0 Å². The van der Waals surface area contributed by atoms with Crippen LogP contribution in [0.3, 0.4) is 0 Å². The number of urea groups is 1. The Hall–Kier alpha value is -2.89. The lowest BCUT2D eigenvalue weighted by atomic mass is 10.1. The fourth-order valence-electron chi connectivity index (χ4n) is 2.07. The minimum atomic E-state index is -0.467. The second-order valence-corrected chi connectivity index (χ2v) is 4.99. The molecule has 0 fully saturated rings. The van der Waals surface area contributed by atoms with E-state index < -0.39 is 11.0 Å². The van der Waals surface area contributed by atoms with Crippen molar-refractivity contribution < 1.29 is 9.72 Å². The zero-order chi connectivity index (χ0) is 16.1. The van der Waals surface area contributed by atoms with Crippen molar-refractivity contribution in [2.24, 2.45) is 0 Å². The van der Waals surface area contributed by atoms with Crippen LogP contribution in [0.25, 0.3) is 0 Å². The molecular formula is C16H17N3O3. The first kappa shape index (κ1) is 15.5. The Morgan fingerprint density at radius 3 is 2.50 bits per heavy atom. The van der Waals surface area contributed by atoms with Crippen LogP contribution < -0.4 is 10.6 Å². The zero-order valence-electron chi connectivity index (χ0n) is 12.4. The molecule has 22 heavy (non-hydrogen) atoms. The van der Waals surface area contributed by atoms with E-state index in [2.05, 4.69) is 10.6 Å². The first-order valence-corrected chi connectivity index (χ1v) is 6.85. The number of nitro benzene ring substituents is 1. The lowest BCUT2D eigenvalue weighted by Crippen LogP contribution is -2.31. The van der Waals surface area contributed by atoms with Crippen molar-refractivity contribution in [3.05, 3.63) is 69.8 Å². The molecular weight excluding hydrogens is 282 g/mol. The van der Waals surface area contributed by atoms with E-state index in [1.54, 1.807) is 19.1 Å². The van der Waals surface area contributed by atoms with Gasteiger partial charge in [-0.3, -0.25) is 10.1 Å². The molecule has 0 heterocycles. The number of anilines is 1. The Balaban J connectivity index is 2.03. The van der Waals surface area contributed by atoms with E-state index in [-0.39, 0.29) is 11.7 Å². The van der Waals surface area contributed by atoms with E-state index in [1.165, 1.54) is 6.07 Å². The topological polar surface area (TPSA) is 84.3 Å². The van der Waals surface area contributed by atoms with Gasteiger partial charge < -0.3 is 10.6 Å². The zero-order valence-corrected chi connectivity index (χ0v) is 12.4. The van der Waals surface area contributed by atoms with E-state index in [0.717, 1.165) is 5.56 Å². The molecule has 0 radical (unpaired) electrons. The van der Waals surface area contributed by atoms with Crippen LogP contribution in [-0.4, -0.2) is 11.0 Å². The van der Waals surface area contributed by atoms with Crippen molar-refractivity contribution in [3.63, 3.8) is 0 Å². The van der Waals surface area contributed by atoms with Gasteiger partial charge in [0, 0.05) is 17.3 Å². The molecule has 1 unspecified atom stereocenters. The summed E-state index contributed by atoms with van der Waals surface area (Å²) in [5.74, 6) is 0. The molecule has 6 heteroatoms. The number of aryl methyl sites for hydroxylation is 1. The van der Waals surface area contributed by atoms with Gasteiger partial charge in [0.05, 0.1) is 11.0 Å². The van der Waals surface area contributed by atoms with Crippen LogP contribution in [0.2, 0.25) is 0 Å². The number of carbonyl (C=O) groups is 1. The molecule has 2 aromatic carbocycles. The number of hydrogen-bond donors (Lipinski definition) is 2. The van der Waals surface area contributed by atoms with E-state index in [4.69, 9.17) is 0 Å². The Morgan fingerprint density at radius 2 is 1.86 bits per heavy atom. The molecule has 0 aliphatic rings.